The minimum absolute atomic E-state index is 0.0771. The van der Waals surface area contributed by atoms with E-state index >= 15 is 0 Å². The number of ether oxygens (including phenoxy) is 2. The summed E-state index contributed by atoms with van der Waals surface area (Å²) in [7, 11) is 2.83. The predicted octanol–water partition coefficient (Wildman–Crippen LogP) is 1.22. The van der Waals surface area contributed by atoms with Gasteiger partial charge in [-0.05, 0) is 23.8 Å². The molecule has 0 aliphatic rings. The van der Waals surface area contributed by atoms with Gasteiger partial charge >= 0.3 is 5.97 Å². The highest BCUT2D eigenvalue weighted by atomic mass is 79.9. The topological polar surface area (TPSA) is 84.9 Å². The Morgan fingerprint density at radius 3 is 2.65 bits per heavy atom. The van der Waals surface area contributed by atoms with E-state index in [-0.39, 0.29) is 18.9 Å². The molecule has 1 aromatic rings. The molecule has 0 heterocycles. The van der Waals surface area contributed by atoms with Crippen molar-refractivity contribution in [3.63, 3.8) is 0 Å². The van der Waals surface area contributed by atoms with Crippen LogP contribution in [-0.4, -0.2) is 43.9 Å². The van der Waals surface area contributed by atoms with E-state index in [4.69, 9.17) is 14.6 Å². The number of halogens is 1. The van der Waals surface area contributed by atoms with E-state index in [0.29, 0.717) is 5.75 Å². The van der Waals surface area contributed by atoms with Gasteiger partial charge in [0.05, 0.1) is 20.1 Å². The van der Waals surface area contributed by atoms with Gasteiger partial charge in [-0.1, -0.05) is 15.9 Å². The van der Waals surface area contributed by atoms with E-state index in [1.165, 1.54) is 7.11 Å². The van der Waals surface area contributed by atoms with E-state index in [9.17, 15) is 9.59 Å². The standard InChI is InChI=1S/C13H16BrNO5/c1-19-9-3-4-10(14)8(5-9)6-12(16)15-7-11(20-2)13(17)18/h3-5,11H,6-7H2,1-2H3,(H,15,16)(H,17,18). The molecular weight excluding hydrogens is 330 g/mol. The molecule has 0 saturated carbocycles. The summed E-state index contributed by atoms with van der Waals surface area (Å²) in [4.78, 5) is 22.5. The fourth-order valence-electron chi connectivity index (χ4n) is 1.53. The molecule has 0 spiro atoms. The molecule has 0 aliphatic carbocycles. The number of methoxy groups -OCH3 is 2. The van der Waals surface area contributed by atoms with Crippen molar-refractivity contribution in [3.8, 4) is 5.75 Å². The van der Waals surface area contributed by atoms with Crippen LogP contribution in [0.2, 0.25) is 0 Å². The first-order chi connectivity index (χ1) is 9.47. The first kappa shape index (κ1) is 16.5. The van der Waals surface area contributed by atoms with Gasteiger partial charge in [-0.15, -0.1) is 0 Å². The van der Waals surface area contributed by atoms with E-state index in [2.05, 4.69) is 21.2 Å². The van der Waals surface area contributed by atoms with E-state index in [0.717, 1.165) is 10.0 Å². The molecule has 20 heavy (non-hydrogen) atoms. The lowest BCUT2D eigenvalue weighted by Crippen LogP contribution is -2.38. The molecule has 1 unspecified atom stereocenters. The van der Waals surface area contributed by atoms with E-state index in [1.807, 2.05) is 0 Å². The molecule has 7 heteroatoms. The molecule has 1 rings (SSSR count). The number of carboxylic acids is 1. The van der Waals surface area contributed by atoms with Crippen LogP contribution in [-0.2, 0) is 20.7 Å². The summed E-state index contributed by atoms with van der Waals surface area (Å²) in [5.74, 6) is -0.756. The van der Waals surface area contributed by atoms with Crippen LogP contribution in [0.3, 0.4) is 0 Å². The Morgan fingerprint density at radius 2 is 2.10 bits per heavy atom. The fraction of sp³-hybridized carbons (Fsp3) is 0.385. The number of hydrogen-bond donors (Lipinski definition) is 2. The normalized spacial score (nSPS) is 11.8. The summed E-state index contributed by atoms with van der Waals surface area (Å²) >= 11 is 3.35. The first-order valence-corrected chi connectivity index (χ1v) is 6.62. The van der Waals surface area contributed by atoms with Gasteiger partial charge in [0.2, 0.25) is 5.91 Å². The van der Waals surface area contributed by atoms with E-state index in [1.54, 1.807) is 25.3 Å². The zero-order chi connectivity index (χ0) is 15.1. The lowest BCUT2D eigenvalue weighted by molar-refractivity contribution is -0.148. The number of hydrogen-bond acceptors (Lipinski definition) is 4. The van der Waals surface area contributed by atoms with Gasteiger partial charge in [-0.2, -0.15) is 0 Å². The van der Waals surface area contributed by atoms with Gasteiger partial charge < -0.3 is 19.9 Å². The maximum Gasteiger partial charge on any atom is 0.334 e. The number of rotatable bonds is 7. The number of carbonyl (C=O) groups is 2. The summed E-state index contributed by atoms with van der Waals surface area (Å²) in [5.41, 5.74) is 0.756. The van der Waals surface area contributed by atoms with Crippen LogP contribution < -0.4 is 10.1 Å². The molecule has 1 atom stereocenters. The SMILES string of the molecule is COc1ccc(Br)c(CC(=O)NCC(OC)C(=O)O)c1. The molecule has 2 N–H and O–H groups in total. The molecular formula is C13H16BrNO5. The quantitative estimate of drug-likeness (QED) is 0.775. The Kier molecular flexibility index (Phi) is 6.47. The fourth-order valence-corrected chi connectivity index (χ4v) is 1.91. The largest absolute Gasteiger partial charge is 0.497 e. The summed E-state index contributed by atoms with van der Waals surface area (Å²) < 4.78 is 10.6. The van der Waals surface area contributed by atoms with Crippen molar-refractivity contribution in [2.45, 2.75) is 12.5 Å². The minimum Gasteiger partial charge on any atom is -0.497 e. The number of carboxylic acid groups (broad SMARTS) is 1. The lowest BCUT2D eigenvalue weighted by atomic mass is 10.1. The second kappa shape index (κ2) is 7.86. The number of amides is 1. The Hall–Kier alpha value is -1.60. The molecule has 0 aromatic heterocycles. The molecule has 6 nitrogen and oxygen atoms in total. The second-order valence-electron chi connectivity index (χ2n) is 4.00. The summed E-state index contributed by atoms with van der Waals surface area (Å²) in [6, 6.07) is 5.31. The molecule has 110 valence electrons. The Bertz CT molecular complexity index is 492. The molecule has 0 saturated heterocycles. The van der Waals surface area contributed by atoms with E-state index < -0.39 is 12.1 Å². The highest BCUT2D eigenvalue weighted by Gasteiger charge is 2.17. The van der Waals surface area contributed by atoms with Crippen LogP contribution in [0.15, 0.2) is 22.7 Å². The first-order valence-electron chi connectivity index (χ1n) is 5.82. The van der Waals surface area contributed by atoms with Crippen molar-refractivity contribution in [1.82, 2.24) is 5.32 Å². The van der Waals surface area contributed by atoms with Gasteiger partial charge in [-0.25, -0.2) is 4.79 Å². The Morgan fingerprint density at radius 1 is 1.40 bits per heavy atom. The van der Waals surface area contributed by atoms with Crippen molar-refractivity contribution in [2.24, 2.45) is 0 Å². The van der Waals surface area contributed by atoms with Crippen LogP contribution in [0.1, 0.15) is 5.56 Å². The second-order valence-corrected chi connectivity index (χ2v) is 4.86. The van der Waals surface area contributed by atoms with Crippen LogP contribution in [0.4, 0.5) is 0 Å². The molecule has 0 aliphatic heterocycles. The van der Waals surface area contributed by atoms with Crippen molar-refractivity contribution >= 4 is 27.8 Å². The van der Waals surface area contributed by atoms with Crippen LogP contribution in [0.5, 0.6) is 5.75 Å². The Labute approximate surface area is 125 Å². The molecule has 1 amide bonds. The average molecular weight is 346 g/mol. The van der Waals surface area contributed by atoms with Crippen LogP contribution in [0.25, 0.3) is 0 Å². The average Bonchev–Trinajstić information content (AvgIpc) is 2.41. The number of nitrogens with one attached hydrogen (secondary N) is 1. The Balaban J connectivity index is 2.60. The van der Waals surface area contributed by atoms with Crippen molar-refractivity contribution in [2.75, 3.05) is 20.8 Å². The lowest BCUT2D eigenvalue weighted by Gasteiger charge is -2.12. The number of benzene rings is 1. The third kappa shape index (κ3) is 4.82. The molecule has 0 fully saturated rings. The number of carbonyl (C=O) groups excluding carboxylic acids is 1. The summed E-state index contributed by atoms with van der Waals surface area (Å²) in [6.07, 6.45) is -0.930. The predicted molar refractivity (Wildman–Crippen MR) is 75.8 cm³/mol. The zero-order valence-corrected chi connectivity index (χ0v) is 12.8. The monoisotopic (exact) mass is 345 g/mol. The highest BCUT2D eigenvalue weighted by Crippen LogP contribution is 2.22. The van der Waals surface area contributed by atoms with Crippen LogP contribution >= 0.6 is 15.9 Å². The van der Waals surface area contributed by atoms with Crippen molar-refractivity contribution < 1.29 is 24.2 Å². The smallest absolute Gasteiger partial charge is 0.334 e. The summed E-state index contributed by atoms with van der Waals surface area (Å²) in [6.45, 7) is -0.0771. The minimum atomic E-state index is -1.12. The third-order valence-corrected chi connectivity index (χ3v) is 3.42. The summed E-state index contributed by atoms with van der Waals surface area (Å²) in [5, 5.41) is 11.3. The van der Waals surface area contributed by atoms with Gasteiger partial charge in [-0.3, -0.25) is 4.79 Å². The maximum atomic E-state index is 11.8. The van der Waals surface area contributed by atoms with Crippen LogP contribution in [0, 0.1) is 0 Å². The van der Waals surface area contributed by atoms with Gasteiger partial charge in [0.1, 0.15) is 5.75 Å². The molecule has 0 radical (unpaired) electrons. The zero-order valence-electron chi connectivity index (χ0n) is 11.2. The maximum absolute atomic E-state index is 11.8. The van der Waals surface area contributed by atoms with Gasteiger partial charge in [0.25, 0.3) is 0 Å². The molecule has 1 aromatic carbocycles. The van der Waals surface area contributed by atoms with Gasteiger partial charge in [0.15, 0.2) is 6.10 Å². The molecule has 0 bridgehead atoms. The highest BCUT2D eigenvalue weighted by molar-refractivity contribution is 9.10. The number of aliphatic carboxylic acids is 1. The van der Waals surface area contributed by atoms with Gasteiger partial charge in [0, 0.05) is 11.6 Å². The third-order valence-electron chi connectivity index (χ3n) is 2.65. The van der Waals surface area contributed by atoms with Crippen molar-refractivity contribution in [1.29, 1.82) is 0 Å². The van der Waals surface area contributed by atoms with Crippen molar-refractivity contribution in [3.05, 3.63) is 28.2 Å².